The third-order valence-electron chi connectivity index (χ3n) is 6.36. The fourth-order valence-electron chi connectivity index (χ4n) is 4.92. The van der Waals surface area contributed by atoms with E-state index in [2.05, 4.69) is 46.3 Å². The molecule has 1 aromatic carbocycles. The molecule has 7 heteroatoms. The Morgan fingerprint density at radius 3 is 2.68 bits per heavy atom. The van der Waals surface area contributed by atoms with Crippen molar-refractivity contribution >= 4 is 30.7 Å². The van der Waals surface area contributed by atoms with E-state index in [1.807, 2.05) is 0 Å². The maximum atomic E-state index is 13.1. The zero-order chi connectivity index (χ0) is 17.9. The quantitative estimate of drug-likeness (QED) is 0.781. The number of morpholine rings is 1. The molecule has 0 bridgehead atoms. The van der Waals surface area contributed by atoms with Gasteiger partial charge in [-0.25, -0.2) is 0 Å². The summed E-state index contributed by atoms with van der Waals surface area (Å²) in [6, 6.07) is 8.83. The number of aryl methyl sites for hydroxylation is 1. The Balaban J connectivity index is 0.00000140. The summed E-state index contributed by atoms with van der Waals surface area (Å²) in [4.78, 5) is 17.7. The maximum Gasteiger partial charge on any atom is 0.223 e. The second-order valence-electron chi connectivity index (χ2n) is 7.99. The van der Waals surface area contributed by atoms with Gasteiger partial charge in [-0.3, -0.25) is 9.69 Å². The Hall–Kier alpha value is -0.850. The van der Waals surface area contributed by atoms with Crippen LogP contribution in [-0.2, 0) is 9.53 Å². The van der Waals surface area contributed by atoms with Gasteiger partial charge in [0, 0.05) is 45.1 Å². The number of halogens is 2. The third kappa shape index (κ3) is 5.00. The van der Waals surface area contributed by atoms with Crippen LogP contribution in [0, 0.1) is 18.8 Å². The van der Waals surface area contributed by atoms with Crippen LogP contribution in [0.5, 0.6) is 0 Å². The number of fused-ring (bicyclic) bond motifs is 1. The number of amides is 1. The molecule has 0 saturated carbocycles. The second kappa shape index (κ2) is 10.8. The molecule has 1 amide bonds. The van der Waals surface area contributed by atoms with E-state index >= 15 is 0 Å². The summed E-state index contributed by atoms with van der Waals surface area (Å²) in [7, 11) is 0. The van der Waals surface area contributed by atoms with E-state index in [9.17, 15) is 4.79 Å². The molecule has 3 fully saturated rings. The highest BCUT2D eigenvalue weighted by atomic mass is 35.5. The van der Waals surface area contributed by atoms with Crippen molar-refractivity contribution in [1.82, 2.24) is 15.1 Å². The van der Waals surface area contributed by atoms with Crippen molar-refractivity contribution in [2.75, 3.05) is 52.5 Å². The molecule has 1 N–H and O–H groups in total. The Kier molecular flexibility index (Phi) is 9.03. The highest BCUT2D eigenvalue weighted by Gasteiger charge is 2.46. The van der Waals surface area contributed by atoms with Crippen LogP contribution in [0.2, 0.25) is 0 Å². The molecule has 158 valence electrons. The molecule has 3 heterocycles. The van der Waals surface area contributed by atoms with Gasteiger partial charge in [-0.2, -0.15) is 0 Å². The Morgan fingerprint density at radius 1 is 1.18 bits per heavy atom. The predicted molar refractivity (Wildman–Crippen MR) is 116 cm³/mol. The van der Waals surface area contributed by atoms with Crippen LogP contribution >= 0.6 is 24.8 Å². The van der Waals surface area contributed by atoms with Gasteiger partial charge < -0.3 is 15.0 Å². The van der Waals surface area contributed by atoms with Crippen LogP contribution in [0.1, 0.15) is 30.0 Å². The van der Waals surface area contributed by atoms with Gasteiger partial charge in [-0.05, 0) is 36.9 Å². The third-order valence-corrected chi connectivity index (χ3v) is 6.36. The monoisotopic (exact) mass is 429 g/mol. The molecule has 0 aliphatic carbocycles. The van der Waals surface area contributed by atoms with Crippen molar-refractivity contribution in [3.05, 3.63) is 35.4 Å². The smallest absolute Gasteiger partial charge is 0.223 e. The van der Waals surface area contributed by atoms with E-state index in [1.54, 1.807) is 0 Å². The minimum absolute atomic E-state index is 0. The number of nitrogens with zero attached hydrogens (tertiary/aromatic N) is 2. The summed E-state index contributed by atoms with van der Waals surface area (Å²) in [6.45, 7) is 9.81. The van der Waals surface area contributed by atoms with Gasteiger partial charge in [0.2, 0.25) is 5.91 Å². The number of carbonyl (C=O) groups excluding carboxylic acids is 1. The molecule has 1 aromatic rings. The molecule has 4 rings (SSSR count). The minimum Gasteiger partial charge on any atom is -0.379 e. The average Bonchev–Trinajstić information content (AvgIpc) is 3.24. The largest absolute Gasteiger partial charge is 0.379 e. The zero-order valence-electron chi connectivity index (χ0n) is 16.6. The Bertz CT molecular complexity index is 640. The number of likely N-dealkylation sites (tertiary alicyclic amines) is 1. The van der Waals surface area contributed by atoms with Crippen molar-refractivity contribution in [2.45, 2.75) is 25.8 Å². The number of carbonyl (C=O) groups is 1. The van der Waals surface area contributed by atoms with Crippen molar-refractivity contribution in [1.29, 1.82) is 0 Å². The van der Waals surface area contributed by atoms with Crippen molar-refractivity contribution in [3.8, 4) is 0 Å². The first kappa shape index (κ1) is 23.4. The molecule has 3 aliphatic rings. The van der Waals surface area contributed by atoms with Crippen molar-refractivity contribution < 1.29 is 9.53 Å². The highest BCUT2D eigenvalue weighted by molar-refractivity contribution is 5.85. The summed E-state index contributed by atoms with van der Waals surface area (Å²) >= 11 is 0. The maximum absolute atomic E-state index is 13.1. The molecule has 3 atom stereocenters. The first-order valence-corrected chi connectivity index (χ1v) is 10.1. The second-order valence-corrected chi connectivity index (χ2v) is 7.99. The number of hydrogen-bond acceptors (Lipinski definition) is 4. The molecule has 0 radical (unpaired) electrons. The molecule has 28 heavy (non-hydrogen) atoms. The van der Waals surface area contributed by atoms with Crippen LogP contribution in [0.15, 0.2) is 24.3 Å². The Morgan fingerprint density at radius 2 is 1.93 bits per heavy atom. The van der Waals surface area contributed by atoms with Crippen LogP contribution < -0.4 is 5.32 Å². The lowest BCUT2D eigenvalue weighted by Crippen LogP contribution is -2.38. The van der Waals surface area contributed by atoms with E-state index in [-0.39, 0.29) is 30.9 Å². The molecule has 3 aliphatic heterocycles. The standard InChI is InChI=1S/C21H31N3O2.2ClH/c1-16-5-2-3-6-18(16)21-19-14-22-13-17(19)15-24(21)20(25)7-4-8-23-9-11-26-12-10-23;;/h2-3,5-6,17,19,21-22H,4,7-15H2,1H3;2*1H/t17-,19-,21+;;/m0../s1. The van der Waals surface area contributed by atoms with Crippen LogP contribution in [0.4, 0.5) is 0 Å². The predicted octanol–water partition coefficient (Wildman–Crippen LogP) is 2.67. The van der Waals surface area contributed by atoms with Crippen LogP contribution in [0.25, 0.3) is 0 Å². The number of nitrogens with one attached hydrogen (secondary N) is 1. The fourth-order valence-corrected chi connectivity index (χ4v) is 4.92. The molecule has 0 unspecified atom stereocenters. The number of ether oxygens (including phenoxy) is 1. The van der Waals surface area contributed by atoms with Gasteiger partial charge in [-0.15, -0.1) is 24.8 Å². The molecule has 3 saturated heterocycles. The zero-order valence-corrected chi connectivity index (χ0v) is 18.3. The summed E-state index contributed by atoms with van der Waals surface area (Å²) in [6.07, 6.45) is 1.61. The molecule has 0 spiro atoms. The number of benzene rings is 1. The Labute approximate surface area is 181 Å². The lowest BCUT2D eigenvalue weighted by Gasteiger charge is -2.30. The van der Waals surface area contributed by atoms with Gasteiger partial charge in [-0.1, -0.05) is 24.3 Å². The lowest BCUT2D eigenvalue weighted by molar-refractivity contribution is -0.132. The van der Waals surface area contributed by atoms with Crippen LogP contribution in [0.3, 0.4) is 0 Å². The van der Waals surface area contributed by atoms with E-state index in [0.717, 1.165) is 58.9 Å². The van der Waals surface area contributed by atoms with E-state index in [4.69, 9.17) is 4.74 Å². The highest BCUT2D eigenvalue weighted by Crippen LogP contribution is 2.43. The molecular formula is C21H33Cl2N3O2. The topological polar surface area (TPSA) is 44.8 Å². The lowest BCUT2D eigenvalue weighted by atomic mass is 9.87. The average molecular weight is 430 g/mol. The minimum atomic E-state index is 0. The summed E-state index contributed by atoms with van der Waals surface area (Å²) in [5.74, 6) is 1.49. The van der Waals surface area contributed by atoms with Gasteiger partial charge in [0.15, 0.2) is 0 Å². The van der Waals surface area contributed by atoms with Crippen LogP contribution in [-0.4, -0.2) is 68.2 Å². The van der Waals surface area contributed by atoms with E-state index in [1.165, 1.54) is 11.1 Å². The van der Waals surface area contributed by atoms with E-state index in [0.29, 0.717) is 24.2 Å². The number of rotatable bonds is 5. The number of hydrogen-bond donors (Lipinski definition) is 1. The summed E-state index contributed by atoms with van der Waals surface area (Å²) < 4.78 is 5.40. The molecule has 5 nitrogen and oxygen atoms in total. The van der Waals surface area contributed by atoms with Gasteiger partial charge >= 0.3 is 0 Å². The normalized spacial score (nSPS) is 27.0. The summed E-state index contributed by atoms with van der Waals surface area (Å²) in [5.41, 5.74) is 2.64. The van der Waals surface area contributed by atoms with Gasteiger partial charge in [0.25, 0.3) is 0 Å². The van der Waals surface area contributed by atoms with Gasteiger partial charge in [0.1, 0.15) is 0 Å². The summed E-state index contributed by atoms with van der Waals surface area (Å²) in [5, 5.41) is 3.53. The van der Waals surface area contributed by atoms with Gasteiger partial charge in [0.05, 0.1) is 19.3 Å². The fraction of sp³-hybridized carbons (Fsp3) is 0.667. The first-order valence-electron chi connectivity index (χ1n) is 10.1. The van der Waals surface area contributed by atoms with Crippen molar-refractivity contribution in [3.63, 3.8) is 0 Å². The SMILES string of the molecule is Cc1ccccc1[C@@H]1[C@H]2CNC[C@H]2CN1C(=O)CCCN1CCOCC1.Cl.Cl. The van der Waals surface area contributed by atoms with E-state index < -0.39 is 0 Å². The first-order chi connectivity index (χ1) is 12.7. The van der Waals surface area contributed by atoms with Crippen molar-refractivity contribution in [2.24, 2.45) is 11.8 Å². The molecule has 0 aromatic heterocycles. The molecular weight excluding hydrogens is 397 g/mol.